The predicted octanol–water partition coefficient (Wildman–Crippen LogP) is 2.04. The SMILES string of the molecule is O=C(N[C@H]1CCO[C@H]1C(=O)NC1(C(=O)O)CCOC1)OCC1c2ccccc2-c2ccccc21. The highest BCUT2D eigenvalue weighted by atomic mass is 16.6. The molecule has 2 amide bonds. The summed E-state index contributed by atoms with van der Waals surface area (Å²) in [5.41, 5.74) is 3.01. The van der Waals surface area contributed by atoms with Crippen LogP contribution in [0.5, 0.6) is 0 Å². The Labute approximate surface area is 196 Å². The van der Waals surface area contributed by atoms with E-state index in [9.17, 15) is 19.5 Å². The van der Waals surface area contributed by atoms with Crippen LogP contribution in [-0.4, -0.2) is 67.2 Å². The molecule has 3 atom stereocenters. The molecule has 178 valence electrons. The standard InChI is InChI=1S/C25H26N2O7/c28-22(27-25(23(29)30)10-12-32-14-25)21-20(9-11-33-21)26-24(31)34-13-19-17-7-3-1-5-15(17)16-6-2-4-8-18(16)19/h1-8,19-21H,9-14H2,(H,26,31)(H,27,28)(H,29,30)/t20-,21+,25?/m0/s1. The maximum atomic E-state index is 12.8. The maximum absolute atomic E-state index is 12.8. The number of ether oxygens (including phenoxy) is 3. The van der Waals surface area contributed by atoms with Crippen LogP contribution < -0.4 is 10.6 Å². The molecule has 2 aromatic rings. The lowest BCUT2D eigenvalue weighted by molar-refractivity contribution is -0.149. The van der Waals surface area contributed by atoms with Crippen molar-refractivity contribution in [3.05, 3.63) is 59.7 Å². The van der Waals surface area contributed by atoms with E-state index in [2.05, 4.69) is 22.8 Å². The third-order valence-electron chi connectivity index (χ3n) is 6.79. The van der Waals surface area contributed by atoms with Crippen LogP contribution in [0.4, 0.5) is 4.79 Å². The summed E-state index contributed by atoms with van der Waals surface area (Å²) in [6.07, 6.45) is -1.06. The molecule has 3 aliphatic rings. The van der Waals surface area contributed by atoms with E-state index in [1.165, 1.54) is 0 Å². The molecular formula is C25H26N2O7. The monoisotopic (exact) mass is 466 g/mol. The summed E-state index contributed by atoms with van der Waals surface area (Å²) in [6, 6.07) is 15.5. The lowest BCUT2D eigenvalue weighted by atomic mass is 9.98. The van der Waals surface area contributed by atoms with Crippen molar-refractivity contribution in [1.29, 1.82) is 0 Å². The Hall–Kier alpha value is -3.43. The smallest absolute Gasteiger partial charge is 0.407 e. The van der Waals surface area contributed by atoms with Crippen LogP contribution in [0.2, 0.25) is 0 Å². The van der Waals surface area contributed by atoms with E-state index in [0.717, 1.165) is 22.3 Å². The average molecular weight is 466 g/mol. The summed E-state index contributed by atoms with van der Waals surface area (Å²) in [4.78, 5) is 37.1. The van der Waals surface area contributed by atoms with Gasteiger partial charge in [-0.3, -0.25) is 4.79 Å². The van der Waals surface area contributed by atoms with Gasteiger partial charge in [-0.15, -0.1) is 0 Å². The molecule has 0 aromatic heterocycles. The van der Waals surface area contributed by atoms with Gasteiger partial charge < -0.3 is 30.0 Å². The van der Waals surface area contributed by atoms with Gasteiger partial charge in [0.05, 0.1) is 12.6 Å². The highest BCUT2D eigenvalue weighted by Gasteiger charge is 2.47. The van der Waals surface area contributed by atoms with Gasteiger partial charge in [-0.2, -0.15) is 0 Å². The van der Waals surface area contributed by atoms with Crippen molar-refractivity contribution < 1.29 is 33.7 Å². The first-order chi connectivity index (χ1) is 16.5. The number of hydrogen-bond acceptors (Lipinski definition) is 6. The molecule has 2 saturated heterocycles. The number of carbonyl (C=O) groups excluding carboxylic acids is 2. The van der Waals surface area contributed by atoms with E-state index in [1.807, 2.05) is 36.4 Å². The second-order valence-corrected chi connectivity index (χ2v) is 8.84. The second kappa shape index (κ2) is 9.08. The molecule has 2 heterocycles. The van der Waals surface area contributed by atoms with Crippen molar-refractivity contribution in [3.8, 4) is 11.1 Å². The highest BCUT2D eigenvalue weighted by Crippen LogP contribution is 2.44. The zero-order chi connectivity index (χ0) is 23.7. The van der Waals surface area contributed by atoms with Crippen molar-refractivity contribution in [3.63, 3.8) is 0 Å². The van der Waals surface area contributed by atoms with Crippen molar-refractivity contribution in [1.82, 2.24) is 10.6 Å². The predicted molar refractivity (Wildman–Crippen MR) is 120 cm³/mol. The number of carboxylic acid groups (broad SMARTS) is 1. The van der Waals surface area contributed by atoms with Gasteiger partial charge in [-0.1, -0.05) is 48.5 Å². The first-order valence-corrected chi connectivity index (χ1v) is 11.3. The molecule has 1 unspecified atom stereocenters. The lowest BCUT2D eigenvalue weighted by Crippen LogP contribution is -2.59. The molecule has 2 aliphatic heterocycles. The summed E-state index contributed by atoms with van der Waals surface area (Å²) < 4.78 is 16.3. The van der Waals surface area contributed by atoms with Gasteiger partial charge >= 0.3 is 12.1 Å². The van der Waals surface area contributed by atoms with E-state index in [-0.39, 0.29) is 38.8 Å². The Bertz CT molecular complexity index is 1070. The quantitative estimate of drug-likeness (QED) is 0.595. The van der Waals surface area contributed by atoms with E-state index in [4.69, 9.17) is 14.2 Å². The summed E-state index contributed by atoms with van der Waals surface area (Å²) in [7, 11) is 0. The van der Waals surface area contributed by atoms with Crippen LogP contribution in [0, 0.1) is 0 Å². The van der Waals surface area contributed by atoms with Gasteiger partial charge in [0.2, 0.25) is 0 Å². The van der Waals surface area contributed by atoms with Crippen LogP contribution in [0.25, 0.3) is 11.1 Å². The summed E-state index contributed by atoms with van der Waals surface area (Å²) in [5.74, 6) is -1.82. The minimum Gasteiger partial charge on any atom is -0.479 e. The van der Waals surface area contributed by atoms with Crippen LogP contribution in [0.3, 0.4) is 0 Å². The third-order valence-corrected chi connectivity index (χ3v) is 6.79. The Balaban J connectivity index is 1.21. The molecular weight excluding hydrogens is 440 g/mol. The molecule has 3 N–H and O–H groups in total. The number of hydrogen-bond donors (Lipinski definition) is 3. The van der Waals surface area contributed by atoms with Gasteiger partial charge in [0, 0.05) is 25.6 Å². The van der Waals surface area contributed by atoms with Crippen molar-refractivity contribution >= 4 is 18.0 Å². The molecule has 2 aromatic carbocycles. The first-order valence-electron chi connectivity index (χ1n) is 11.3. The van der Waals surface area contributed by atoms with Crippen molar-refractivity contribution in [2.45, 2.75) is 36.4 Å². The third kappa shape index (κ3) is 4.01. The molecule has 0 spiro atoms. The topological polar surface area (TPSA) is 123 Å². The van der Waals surface area contributed by atoms with Gasteiger partial charge in [0.15, 0.2) is 11.6 Å². The van der Waals surface area contributed by atoms with E-state index >= 15 is 0 Å². The molecule has 0 radical (unpaired) electrons. The fourth-order valence-corrected chi connectivity index (χ4v) is 4.98. The molecule has 0 bridgehead atoms. The van der Waals surface area contributed by atoms with Gasteiger partial charge in [0.1, 0.15) is 6.61 Å². The van der Waals surface area contributed by atoms with Crippen molar-refractivity contribution in [2.75, 3.05) is 26.4 Å². The van der Waals surface area contributed by atoms with Crippen LogP contribution >= 0.6 is 0 Å². The Morgan fingerprint density at radius 2 is 1.71 bits per heavy atom. The largest absolute Gasteiger partial charge is 0.479 e. The number of carboxylic acids is 1. The van der Waals surface area contributed by atoms with E-state index < -0.39 is 35.7 Å². The molecule has 0 saturated carbocycles. The van der Waals surface area contributed by atoms with Gasteiger partial charge in [-0.25, -0.2) is 9.59 Å². The number of benzene rings is 2. The van der Waals surface area contributed by atoms with E-state index in [1.54, 1.807) is 0 Å². The number of rotatable bonds is 6. The number of aliphatic carboxylic acids is 1. The molecule has 5 rings (SSSR count). The number of amides is 2. The zero-order valence-electron chi connectivity index (χ0n) is 18.5. The fraction of sp³-hybridized carbons (Fsp3) is 0.400. The maximum Gasteiger partial charge on any atom is 0.407 e. The highest BCUT2D eigenvalue weighted by molar-refractivity contribution is 5.90. The van der Waals surface area contributed by atoms with Gasteiger partial charge in [0.25, 0.3) is 5.91 Å². The molecule has 1 aliphatic carbocycles. The lowest BCUT2D eigenvalue weighted by Gasteiger charge is -2.27. The Kier molecular flexibility index (Phi) is 5.97. The van der Waals surface area contributed by atoms with Crippen LogP contribution in [0.1, 0.15) is 29.9 Å². The molecule has 9 heteroatoms. The molecule has 9 nitrogen and oxygen atoms in total. The summed E-state index contributed by atoms with van der Waals surface area (Å²) in [5, 5.41) is 14.8. The minimum absolute atomic E-state index is 0.0742. The number of alkyl carbamates (subject to hydrolysis) is 1. The van der Waals surface area contributed by atoms with Crippen LogP contribution in [-0.2, 0) is 23.8 Å². The molecule has 2 fully saturated rings. The van der Waals surface area contributed by atoms with Crippen LogP contribution in [0.15, 0.2) is 48.5 Å². The van der Waals surface area contributed by atoms with E-state index in [0.29, 0.717) is 6.42 Å². The summed E-state index contributed by atoms with van der Waals surface area (Å²) in [6.45, 7) is 0.567. The number of nitrogens with one attached hydrogen (secondary N) is 2. The zero-order valence-corrected chi connectivity index (χ0v) is 18.5. The second-order valence-electron chi connectivity index (χ2n) is 8.84. The summed E-state index contributed by atoms with van der Waals surface area (Å²) >= 11 is 0. The number of carbonyl (C=O) groups is 3. The first kappa shape index (κ1) is 22.4. The Morgan fingerprint density at radius 1 is 1.03 bits per heavy atom. The average Bonchev–Trinajstić information content (AvgIpc) is 3.56. The minimum atomic E-state index is -1.47. The fourth-order valence-electron chi connectivity index (χ4n) is 4.98. The van der Waals surface area contributed by atoms with Crippen molar-refractivity contribution in [2.24, 2.45) is 0 Å². The van der Waals surface area contributed by atoms with Gasteiger partial charge in [-0.05, 0) is 28.7 Å². The normalized spacial score (nSPS) is 25.4. The molecule has 34 heavy (non-hydrogen) atoms. The Morgan fingerprint density at radius 3 is 2.32 bits per heavy atom. The number of fused-ring (bicyclic) bond motifs is 3.